The first kappa shape index (κ1) is 66.6. The molecule has 1 atom stereocenters. The van der Waals surface area contributed by atoms with Crippen LogP contribution < -0.4 is 0 Å². The minimum Gasteiger partial charge on any atom is -0.462 e. The van der Waals surface area contributed by atoms with Gasteiger partial charge in [-0.15, -0.1) is 0 Å². The van der Waals surface area contributed by atoms with Gasteiger partial charge in [0.1, 0.15) is 13.2 Å². The molecule has 0 bridgehead atoms. The number of unbranched alkanes of at least 4 members (excludes halogenated alkanes) is 17. The van der Waals surface area contributed by atoms with E-state index in [1.165, 1.54) is 51.4 Å². The molecule has 0 spiro atoms. The van der Waals surface area contributed by atoms with Crippen LogP contribution in [-0.4, -0.2) is 37.2 Å². The average Bonchev–Trinajstić information content (AvgIpc) is 3.37. The summed E-state index contributed by atoms with van der Waals surface area (Å²) >= 11 is 0. The molecule has 0 saturated carbocycles. The summed E-state index contributed by atoms with van der Waals surface area (Å²) in [6.45, 7) is 6.40. The van der Waals surface area contributed by atoms with E-state index in [2.05, 4.69) is 154 Å². The van der Waals surface area contributed by atoms with Crippen molar-refractivity contribution in [3.63, 3.8) is 0 Å². The Morgan fingerprint density at radius 2 is 0.549 bits per heavy atom. The highest BCUT2D eigenvalue weighted by atomic mass is 16.6. The third kappa shape index (κ3) is 56.3. The number of ether oxygens (including phenoxy) is 3. The molecule has 0 N–H and O–H groups in total. The van der Waals surface area contributed by atoms with Crippen molar-refractivity contribution in [1.82, 2.24) is 0 Å². The maximum Gasteiger partial charge on any atom is 0.306 e. The van der Waals surface area contributed by atoms with Gasteiger partial charge >= 0.3 is 17.9 Å². The Morgan fingerprint density at radius 3 is 0.901 bits per heavy atom. The molecule has 0 aliphatic rings. The number of hydrogen-bond donors (Lipinski definition) is 0. The summed E-state index contributed by atoms with van der Waals surface area (Å²) in [7, 11) is 0. The molecule has 0 radical (unpaired) electrons. The summed E-state index contributed by atoms with van der Waals surface area (Å²) in [4.78, 5) is 37.9. The van der Waals surface area contributed by atoms with Crippen molar-refractivity contribution < 1.29 is 28.6 Å². The maximum atomic E-state index is 12.8. The van der Waals surface area contributed by atoms with Crippen LogP contribution in [0.3, 0.4) is 0 Å². The van der Waals surface area contributed by atoms with Crippen molar-refractivity contribution in [1.29, 1.82) is 0 Å². The van der Waals surface area contributed by atoms with Gasteiger partial charge in [0.15, 0.2) is 6.10 Å². The van der Waals surface area contributed by atoms with Crippen molar-refractivity contribution >= 4 is 17.9 Å². The summed E-state index contributed by atoms with van der Waals surface area (Å²) in [5.41, 5.74) is 0. The fourth-order valence-corrected chi connectivity index (χ4v) is 7.35. The molecule has 0 aliphatic heterocycles. The van der Waals surface area contributed by atoms with E-state index in [9.17, 15) is 14.4 Å². The standard InChI is InChI=1S/C65H104O6/c1-4-7-10-13-16-18-20-22-24-25-26-27-28-29-30-31-32-33-34-35-36-37-38-39-41-42-44-46-49-52-55-58-64(67)70-61-62(60-69-63(66)57-54-51-48-15-12-9-6-3)71-65(68)59-56-53-50-47-45-43-40-23-21-19-17-14-11-8-5-2/h7,10,16-19,22-24,26-27,29-30,32-33,35-36,38-40,42,44,62H,4-6,8-9,11-15,20-21,25,28,31,34,37,41,43,45-61H2,1-3H3/b10-7-,18-16-,19-17-,24-22-,27-26-,30-29-,33-32-,36-35-,39-38-,40-23-,44-42-. The minimum absolute atomic E-state index is 0.0974. The summed E-state index contributed by atoms with van der Waals surface area (Å²) < 4.78 is 16.7. The molecule has 1 unspecified atom stereocenters. The van der Waals surface area contributed by atoms with E-state index in [0.717, 1.165) is 148 Å². The Balaban J connectivity index is 4.27. The Hall–Kier alpha value is -4.45. The zero-order chi connectivity index (χ0) is 51.4. The second-order valence-corrected chi connectivity index (χ2v) is 18.5. The van der Waals surface area contributed by atoms with Crippen molar-refractivity contribution in [2.24, 2.45) is 0 Å². The summed E-state index contributed by atoms with van der Waals surface area (Å²) in [6, 6.07) is 0. The van der Waals surface area contributed by atoms with Crippen LogP contribution in [0.25, 0.3) is 0 Å². The summed E-state index contributed by atoms with van der Waals surface area (Å²) in [5.74, 6) is -0.959. The first-order valence-corrected chi connectivity index (χ1v) is 28.7. The van der Waals surface area contributed by atoms with Gasteiger partial charge in [0, 0.05) is 19.3 Å². The Labute approximate surface area is 436 Å². The Kier molecular flexibility index (Phi) is 54.5. The van der Waals surface area contributed by atoms with Gasteiger partial charge in [0.25, 0.3) is 0 Å². The van der Waals surface area contributed by atoms with Crippen LogP contribution in [-0.2, 0) is 28.6 Å². The van der Waals surface area contributed by atoms with E-state index >= 15 is 0 Å². The molecule has 0 aromatic heterocycles. The second kappa shape index (κ2) is 58.1. The van der Waals surface area contributed by atoms with E-state index in [-0.39, 0.29) is 31.1 Å². The first-order valence-electron chi connectivity index (χ1n) is 28.7. The van der Waals surface area contributed by atoms with Crippen molar-refractivity contribution in [2.75, 3.05) is 13.2 Å². The molecule has 6 nitrogen and oxygen atoms in total. The molecule has 400 valence electrons. The molecule has 0 amide bonds. The van der Waals surface area contributed by atoms with Crippen LogP contribution >= 0.6 is 0 Å². The van der Waals surface area contributed by atoms with E-state index in [4.69, 9.17) is 14.2 Å². The molecule has 0 heterocycles. The van der Waals surface area contributed by atoms with Crippen LogP contribution in [0.15, 0.2) is 134 Å². The van der Waals surface area contributed by atoms with Gasteiger partial charge in [-0.3, -0.25) is 14.4 Å². The predicted octanol–water partition coefficient (Wildman–Crippen LogP) is 19.4. The van der Waals surface area contributed by atoms with Crippen molar-refractivity contribution in [3.8, 4) is 0 Å². The van der Waals surface area contributed by atoms with Gasteiger partial charge in [-0.2, -0.15) is 0 Å². The number of esters is 3. The lowest BCUT2D eigenvalue weighted by Crippen LogP contribution is -2.30. The molecule has 0 fully saturated rings. The SMILES string of the molecule is CC/C=C\C/C=C\C/C=C\C/C=C\C/C=C\C/C=C\C/C=C\C/C=C\C/C=C\CCCCCC(=O)OCC(COC(=O)CCCCCCCCC)OC(=O)CCCCCCC/C=C\C/C=C\CCCCC. The first-order chi connectivity index (χ1) is 35.0. The quantitative estimate of drug-likeness (QED) is 0.0262. The third-order valence-electron chi connectivity index (χ3n) is 11.6. The maximum absolute atomic E-state index is 12.8. The Bertz CT molecular complexity index is 1550. The van der Waals surface area contributed by atoms with Gasteiger partial charge in [0.05, 0.1) is 0 Å². The number of carbonyl (C=O) groups is 3. The lowest BCUT2D eigenvalue weighted by Gasteiger charge is -2.18. The molecule has 0 aromatic rings. The molecular formula is C65H104O6. The predicted molar refractivity (Wildman–Crippen MR) is 306 cm³/mol. The lowest BCUT2D eigenvalue weighted by molar-refractivity contribution is -0.167. The van der Waals surface area contributed by atoms with E-state index in [1.807, 2.05) is 0 Å². The van der Waals surface area contributed by atoms with Crippen LogP contribution in [0.5, 0.6) is 0 Å². The molecule has 0 rings (SSSR count). The van der Waals surface area contributed by atoms with Crippen LogP contribution in [0, 0.1) is 0 Å². The lowest BCUT2D eigenvalue weighted by atomic mass is 10.1. The number of allylic oxidation sites excluding steroid dienone is 22. The fourth-order valence-electron chi connectivity index (χ4n) is 7.35. The van der Waals surface area contributed by atoms with E-state index in [0.29, 0.717) is 19.3 Å². The Morgan fingerprint density at radius 1 is 0.296 bits per heavy atom. The van der Waals surface area contributed by atoms with Gasteiger partial charge in [-0.25, -0.2) is 0 Å². The molecule has 6 heteroatoms. The molecule has 0 aromatic carbocycles. The average molecular weight is 982 g/mol. The normalized spacial score (nSPS) is 13.1. The zero-order valence-electron chi connectivity index (χ0n) is 45.7. The second-order valence-electron chi connectivity index (χ2n) is 18.5. The number of hydrogen-bond acceptors (Lipinski definition) is 6. The molecule has 71 heavy (non-hydrogen) atoms. The smallest absolute Gasteiger partial charge is 0.306 e. The van der Waals surface area contributed by atoms with Crippen LogP contribution in [0.4, 0.5) is 0 Å². The fraction of sp³-hybridized carbons (Fsp3) is 0.615. The highest BCUT2D eigenvalue weighted by Crippen LogP contribution is 2.13. The topological polar surface area (TPSA) is 78.9 Å². The molecule has 0 saturated heterocycles. The van der Waals surface area contributed by atoms with Gasteiger partial charge < -0.3 is 14.2 Å². The monoisotopic (exact) mass is 981 g/mol. The molecule has 0 aliphatic carbocycles. The van der Waals surface area contributed by atoms with E-state index < -0.39 is 6.10 Å². The largest absolute Gasteiger partial charge is 0.462 e. The molecular weight excluding hydrogens is 877 g/mol. The zero-order valence-corrected chi connectivity index (χ0v) is 45.7. The van der Waals surface area contributed by atoms with Crippen LogP contribution in [0.1, 0.15) is 239 Å². The van der Waals surface area contributed by atoms with Crippen molar-refractivity contribution in [2.45, 2.75) is 245 Å². The highest BCUT2D eigenvalue weighted by molar-refractivity contribution is 5.71. The summed E-state index contributed by atoms with van der Waals surface area (Å²) in [5, 5.41) is 0. The van der Waals surface area contributed by atoms with Crippen molar-refractivity contribution in [3.05, 3.63) is 134 Å². The van der Waals surface area contributed by atoms with Crippen LogP contribution in [0.2, 0.25) is 0 Å². The number of rotatable bonds is 50. The minimum atomic E-state index is -0.800. The third-order valence-corrected chi connectivity index (χ3v) is 11.6. The van der Waals surface area contributed by atoms with Gasteiger partial charge in [-0.1, -0.05) is 231 Å². The number of carbonyl (C=O) groups excluding carboxylic acids is 3. The van der Waals surface area contributed by atoms with Gasteiger partial charge in [0.2, 0.25) is 0 Å². The van der Waals surface area contributed by atoms with E-state index in [1.54, 1.807) is 0 Å². The van der Waals surface area contributed by atoms with Gasteiger partial charge in [-0.05, 0) is 122 Å². The summed E-state index contributed by atoms with van der Waals surface area (Å²) in [6.07, 6.45) is 81.8. The highest BCUT2D eigenvalue weighted by Gasteiger charge is 2.19.